The van der Waals surface area contributed by atoms with Gasteiger partial charge < -0.3 is 0 Å². The Labute approximate surface area is 94.7 Å². The standard InChI is InChI=1S/C11H14ClNO2/c1-9(2)8-15-13(12)11(14)10-6-4-3-5-7-10/h3-7,9H,8H2,1-2H3. The molecular weight excluding hydrogens is 214 g/mol. The van der Waals surface area contributed by atoms with Gasteiger partial charge in [-0.1, -0.05) is 32.0 Å². The van der Waals surface area contributed by atoms with Crippen LogP contribution in [-0.4, -0.2) is 17.1 Å². The lowest BCUT2D eigenvalue weighted by atomic mass is 10.2. The Hall–Kier alpha value is -1.06. The molecule has 0 N–H and O–H groups in total. The van der Waals surface area contributed by atoms with Gasteiger partial charge in [0.1, 0.15) is 0 Å². The normalized spacial score (nSPS) is 10.4. The number of hydroxylamine groups is 1. The molecule has 4 heteroatoms. The van der Waals surface area contributed by atoms with Crippen LogP contribution in [0.4, 0.5) is 0 Å². The Bertz CT molecular complexity index is 314. The predicted molar refractivity (Wildman–Crippen MR) is 59.3 cm³/mol. The summed E-state index contributed by atoms with van der Waals surface area (Å²) in [5, 5.41) is 0. The maximum Gasteiger partial charge on any atom is 0.292 e. The maximum atomic E-state index is 11.6. The molecule has 0 spiro atoms. The molecule has 0 saturated carbocycles. The van der Waals surface area contributed by atoms with E-state index >= 15 is 0 Å². The van der Waals surface area contributed by atoms with Crippen molar-refractivity contribution >= 4 is 17.7 Å². The van der Waals surface area contributed by atoms with E-state index in [1.54, 1.807) is 24.3 Å². The van der Waals surface area contributed by atoms with Crippen molar-refractivity contribution in [3.63, 3.8) is 0 Å². The summed E-state index contributed by atoms with van der Waals surface area (Å²) in [5.41, 5.74) is 0.510. The molecule has 3 nitrogen and oxygen atoms in total. The van der Waals surface area contributed by atoms with E-state index < -0.39 is 0 Å². The lowest BCUT2D eigenvalue weighted by Crippen LogP contribution is -2.23. The van der Waals surface area contributed by atoms with Gasteiger partial charge in [0.05, 0.1) is 6.61 Å². The number of hydrogen-bond donors (Lipinski definition) is 0. The van der Waals surface area contributed by atoms with Gasteiger partial charge in [0, 0.05) is 17.3 Å². The third-order valence-corrected chi connectivity index (χ3v) is 1.95. The molecule has 0 unspecified atom stereocenters. The Balaban J connectivity index is 2.54. The zero-order chi connectivity index (χ0) is 11.3. The first-order chi connectivity index (χ1) is 7.11. The fourth-order valence-electron chi connectivity index (χ4n) is 0.955. The molecule has 15 heavy (non-hydrogen) atoms. The van der Waals surface area contributed by atoms with E-state index in [0.717, 1.165) is 4.58 Å². The maximum absolute atomic E-state index is 11.6. The molecule has 0 aliphatic carbocycles. The van der Waals surface area contributed by atoms with Gasteiger partial charge in [0.2, 0.25) is 0 Å². The van der Waals surface area contributed by atoms with E-state index in [-0.39, 0.29) is 5.91 Å². The summed E-state index contributed by atoms with van der Waals surface area (Å²) in [6.45, 7) is 4.39. The first-order valence-corrected chi connectivity index (χ1v) is 5.13. The van der Waals surface area contributed by atoms with Crippen molar-refractivity contribution in [1.29, 1.82) is 0 Å². The highest BCUT2D eigenvalue weighted by Crippen LogP contribution is 2.08. The van der Waals surface area contributed by atoms with Gasteiger partial charge in [0.15, 0.2) is 0 Å². The molecule has 0 aliphatic rings. The first kappa shape index (κ1) is 12.0. The van der Waals surface area contributed by atoms with E-state index in [2.05, 4.69) is 0 Å². The molecule has 0 saturated heterocycles. The average Bonchev–Trinajstić information content (AvgIpc) is 2.26. The predicted octanol–water partition coefficient (Wildman–Crippen LogP) is 2.87. The lowest BCUT2D eigenvalue weighted by molar-refractivity contribution is -0.0689. The summed E-state index contributed by atoms with van der Waals surface area (Å²) in [6, 6.07) is 8.78. The van der Waals surface area contributed by atoms with Gasteiger partial charge >= 0.3 is 0 Å². The molecule has 0 heterocycles. The molecule has 0 fully saturated rings. The van der Waals surface area contributed by atoms with Crippen molar-refractivity contribution in [1.82, 2.24) is 4.58 Å². The zero-order valence-corrected chi connectivity index (χ0v) is 9.57. The van der Waals surface area contributed by atoms with Crippen molar-refractivity contribution in [3.05, 3.63) is 35.9 Å². The fraction of sp³-hybridized carbons (Fsp3) is 0.364. The molecule has 0 radical (unpaired) electrons. The summed E-state index contributed by atoms with van der Waals surface area (Å²) in [7, 11) is 0. The first-order valence-electron chi connectivity index (χ1n) is 4.79. The molecule has 0 aromatic heterocycles. The SMILES string of the molecule is CC(C)CON(Cl)C(=O)c1ccccc1. The highest BCUT2D eigenvalue weighted by molar-refractivity contribution is 6.23. The van der Waals surface area contributed by atoms with Crippen LogP contribution in [0.5, 0.6) is 0 Å². The molecule has 1 aromatic carbocycles. The van der Waals surface area contributed by atoms with Crippen molar-refractivity contribution in [2.24, 2.45) is 5.92 Å². The van der Waals surface area contributed by atoms with Crippen molar-refractivity contribution in [3.8, 4) is 0 Å². The molecule has 1 aromatic rings. The largest absolute Gasteiger partial charge is 0.292 e. The minimum absolute atomic E-state index is 0.329. The summed E-state index contributed by atoms with van der Waals surface area (Å²) >= 11 is 5.67. The Morgan fingerprint density at radius 3 is 2.53 bits per heavy atom. The monoisotopic (exact) mass is 227 g/mol. The van der Waals surface area contributed by atoms with Gasteiger partial charge in [-0.25, -0.2) is 0 Å². The van der Waals surface area contributed by atoms with Crippen LogP contribution in [-0.2, 0) is 4.84 Å². The van der Waals surface area contributed by atoms with E-state index in [0.29, 0.717) is 18.1 Å². The topological polar surface area (TPSA) is 29.5 Å². The highest BCUT2D eigenvalue weighted by Gasteiger charge is 2.14. The number of hydrogen-bond acceptors (Lipinski definition) is 2. The van der Waals surface area contributed by atoms with Crippen LogP contribution in [0.3, 0.4) is 0 Å². The number of carbonyl (C=O) groups excluding carboxylic acids is 1. The minimum atomic E-state index is -0.349. The second-order valence-corrected chi connectivity index (χ2v) is 3.91. The van der Waals surface area contributed by atoms with Gasteiger partial charge in [-0.05, 0) is 18.1 Å². The van der Waals surface area contributed by atoms with E-state index in [1.165, 1.54) is 0 Å². The summed E-state index contributed by atoms with van der Waals surface area (Å²) in [5.74, 6) is -0.0206. The number of nitrogens with zero attached hydrogens (tertiary/aromatic N) is 1. The summed E-state index contributed by atoms with van der Waals surface area (Å²) in [4.78, 5) is 16.7. The fourth-order valence-corrected chi connectivity index (χ4v) is 1.11. The molecule has 0 bridgehead atoms. The zero-order valence-electron chi connectivity index (χ0n) is 8.81. The highest BCUT2D eigenvalue weighted by atomic mass is 35.5. The van der Waals surface area contributed by atoms with Crippen LogP contribution in [0.2, 0.25) is 0 Å². The van der Waals surface area contributed by atoms with Crippen LogP contribution in [0, 0.1) is 5.92 Å². The Kier molecular flexibility index (Phi) is 4.59. The van der Waals surface area contributed by atoms with Crippen LogP contribution in [0.25, 0.3) is 0 Å². The van der Waals surface area contributed by atoms with Crippen LogP contribution < -0.4 is 0 Å². The van der Waals surface area contributed by atoms with E-state index in [9.17, 15) is 4.79 Å². The number of halogens is 1. The summed E-state index contributed by atoms with van der Waals surface area (Å²) in [6.07, 6.45) is 0. The number of rotatable bonds is 4. The third kappa shape index (κ3) is 3.90. The molecule has 82 valence electrons. The number of carbonyl (C=O) groups is 1. The lowest BCUT2D eigenvalue weighted by Gasteiger charge is -2.14. The third-order valence-electron chi connectivity index (χ3n) is 1.70. The Morgan fingerprint density at radius 1 is 1.40 bits per heavy atom. The Morgan fingerprint density at radius 2 is 2.00 bits per heavy atom. The number of amides is 1. The van der Waals surface area contributed by atoms with Gasteiger partial charge in [0.25, 0.3) is 5.91 Å². The molecule has 0 atom stereocenters. The second-order valence-electron chi connectivity index (χ2n) is 3.61. The van der Waals surface area contributed by atoms with Gasteiger partial charge in [-0.3, -0.25) is 9.63 Å². The number of benzene rings is 1. The second kappa shape index (κ2) is 5.73. The smallest absolute Gasteiger partial charge is 0.265 e. The van der Waals surface area contributed by atoms with Crippen LogP contribution in [0.1, 0.15) is 24.2 Å². The quantitative estimate of drug-likeness (QED) is 0.585. The summed E-state index contributed by atoms with van der Waals surface area (Å²) < 4.78 is 0.759. The molecule has 1 rings (SSSR count). The van der Waals surface area contributed by atoms with Gasteiger partial charge in [-0.2, -0.15) is 0 Å². The van der Waals surface area contributed by atoms with E-state index in [1.807, 2.05) is 19.9 Å². The molecule has 1 amide bonds. The molecule has 0 aliphatic heterocycles. The van der Waals surface area contributed by atoms with Crippen molar-refractivity contribution in [2.75, 3.05) is 6.61 Å². The average molecular weight is 228 g/mol. The van der Waals surface area contributed by atoms with Crippen LogP contribution in [0.15, 0.2) is 30.3 Å². The van der Waals surface area contributed by atoms with E-state index in [4.69, 9.17) is 16.6 Å². The minimum Gasteiger partial charge on any atom is -0.265 e. The van der Waals surface area contributed by atoms with Crippen molar-refractivity contribution in [2.45, 2.75) is 13.8 Å². The van der Waals surface area contributed by atoms with Crippen molar-refractivity contribution < 1.29 is 9.63 Å². The molecular formula is C11H14ClNO2. The van der Waals surface area contributed by atoms with Gasteiger partial charge in [-0.15, -0.1) is 4.58 Å². The van der Waals surface area contributed by atoms with Crippen LogP contribution >= 0.6 is 11.8 Å².